The molecule has 0 aliphatic carbocycles. The van der Waals surface area contributed by atoms with Crippen LogP contribution >= 0.6 is 11.6 Å². The Morgan fingerprint density at radius 3 is 2.43 bits per heavy atom. The van der Waals surface area contributed by atoms with E-state index in [0.717, 1.165) is 12.8 Å². The summed E-state index contributed by atoms with van der Waals surface area (Å²) in [5, 5.41) is 0.363. The van der Waals surface area contributed by atoms with E-state index in [9.17, 15) is 4.79 Å². The number of halogens is 1. The minimum atomic E-state index is -0.655. The maximum atomic E-state index is 12.3. The molecule has 0 aliphatic rings. The van der Waals surface area contributed by atoms with Crippen molar-refractivity contribution in [2.75, 3.05) is 20.8 Å². The number of rotatable bonds is 9. The zero-order valence-electron chi connectivity index (χ0n) is 13.1. The molecule has 0 N–H and O–H groups in total. The highest BCUT2D eigenvalue weighted by molar-refractivity contribution is 6.33. The Morgan fingerprint density at radius 1 is 1.19 bits per heavy atom. The maximum absolute atomic E-state index is 12.3. The fraction of sp³-hybridized carbons (Fsp3) is 0.562. The van der Waals surface area contributed by atoms with Crippen LogP contribution in [0.3, 0.4) is 0 Å². The first-order valence-electron chi connectivity index (χ1n) is 7.15. The third kappa shape index (κ3) is 4.35. The third-order valence-electron chi connectivity index (χ3n) is 3.07. The number of Topliss-reactive ketones (excluding diaryl/α,β-unsaturated/α-hetero) is 1. The molecule has 1 aromatic carbocycles. The number of carbonyl (C=O) groups excluding carboxylic acids is 1. The van der Waals surface area contributed by atoms with Crippen molar-refractivity contribution in [2.24, 2.45) is 0 Å². The van der Waals surface area contributed by atoms with Crippen LogP contribution in [0.15, 0.2) is 12.1 Å². The van der Waals surface area contributed by atoms with Crippen LogP contribution in [0, 0.1) is 0 Å². The van der Waals surface area contributed by atoms with Gasteiger partial charge in [-0.3, -0.25) is 4.79 Å². The van der Waals surface area contributed by atoms with Gasteiger partial charge in [0, 0.05) is 18.6 Å². The van der Waals surface area contributed by atoms with E-state index >= 15 is 0 Å². The smallest absolute Gasteiger partial charge is 0.179 e. The number of methoxy groups -OCH3 is 2. The Hall–Kier alpha value is -1.26. The van der Waals surface area contributed by atoms with E-state index in [2.05, 4.69) is 0 Å². The number of ether oxygens (including phenoxy) is 3. The number of ketones is 1. The van der Waals surface area contributed by atoms with Gasteiger partial charge in [-0.2, -0.15) is 0 Å². The van der Waals surface area contributed by atoms with E-state index < -0.39 is 6.10 Å². The van der Waals surface area contributed by atoms with Crippen LogP contribution in [-0.4, -0.2) is 26.6 Å². The molecule has 0 aliphatic heterocycles. The van der Waals surface area contributed by atoms with E-state index in [0.29, 0.717) is 35.1 Å². The van der Waals surface area contributed by atoms with Gasteiger partial charge in [-0.15, -0.1) is 0 Å². The molecule has 4 nitrogen and oxygen atoms in total. The number of hydrogen-bond donors (Lipinski definition) is 0. The third-order valence-corrected chi connectivity index (χ3v) is 3.46. The zero-order valence-corrected chi connectivity index (χ0v) is 13.8. The Balaban J connectivity index is 3.20. The highest BCUT2D eigenvalue weighted by atomic mass is 35.5. The van der Waals surface area contributed by atoms with Crippen LogP contribution in [0.1, 0.15) is 44.8 Å². The van der Waals surface area contributed by atoms with Crippen LogP contribution in [0.2, 0.25) is 5.02 Å². The molecule has 0 radical (unpaired) electrons. The largest absolute Gasteiger partial charge is 0.493 e. The number of carbonyl (C=O) groups is 1. The van der Waals surface area contributed by atoms with Crippen molar-refractivity contribution in [1.29, 1.82) is 0 Å². The molecule has 0 amide bonds. The van der Waals surface area contributed by atoms with Gasteiger partial charge in [0.1, 0.15) is 6.10 Å². The SMILES string of the molecule is CCCOC(C(=O)CCC)c1ccc(OC)c(OC)c1Cl. The lowest BCUT2D eigenvalue weighted by Gasteiger charge is -2.20. The van der Waals surface area contributed by atoms with Crippen LogP contribution in [-0.2, 0) is 9.53 Å². The highest BCUT2D eigenvalue weighted by Gasteiger charge is 2.25. The summed E-state index contributed by atoms with van der Waals surface area (Å²) in [4.78, 5) is 12.3. The second-order valence-electron chi connectivity index (χ2n) is 4.67. The van der Waals surface area contributed by atoms with Crippen molar-refractivity contribution in [3.8, 4) is 11.5 Å². The van der Waals surface area contributed by atoms with Crippen LogP contribution in [0.25, 0.3) is 0 Å². The Labute approximate surface area is 131 Å². The molecule has 0 fully saturated rings. The first kappa shape index (κ1) is 17.8. The van der Waals surface area contributed by atoms with Crippen LogP contribution < -0.4 is 9.47 Å². The molecule has 0 saturated heterocycles. The molecule has 0 heterocycles. The molecule has 0 bridgehead atoms. The van der Waals surface area contributed by atoms with Gasteiger partial charge >= 0.3 is 0 Å². The zero-order chi connectivity index (χ0) is 15.8. The van der Waals surface area contributed by atoms with Crippen molar-refractivity contribution >= 4 is 17.4 Å². The predicted molar refractivity (Wildman–Crippen MR) is 83.5 cm³/mol. The van der Waals surface area contributed by atoms with Gasteiger partial charge in [-0.05, 0) is 18.9 Å². The molecule has 0 aromatic heterocycles. The molecule has 21 heavy (non-hydrogen) atoms. The Kier molecular flexibility index (Phi) is 7.54. The molecule has 1 unspecified atom stereocenters. The minimum Gasteiger partial charge on any atom is -0.493 e. The quantitative estimate of drug-likeness (QED) is 0.685. The molecule has 1 aromatic rings. The van der Waals surface area contributed by atoms with Crippen molar-refractivity contribution < 1.29 is 19.0 Å². The summed E-state index contributed by atoms with van der Waals surface area (Å²) < 4.78 is 16.2. The van der Waals surface area contributed by atoms with E-state index in [1.54, 1.807) is 19.2 Å². The van der Waals surface area contributed by atoms with E-state index in [1.807, 2.05) is 13.8 Å². The lowest BCUT2D eigenvalue weighted by Crippen LogP contribution is -2.17. The lowest BCUT2D eigenvalue weighted by atomic mass is 10.0. The fourth-order valence-corrected chi connectivity index (χ4v) is 2.41. The summed E-state index contributed by atoms with van der Waals surface area (Å²) in [5.41, 5.74) is 0.626. The summed E-state index contributed by atoms with van der Waals surface area (Å²) in [6.07, 6.45) is 1.41. The highest BCUT2D eigenvalue weighted by Crippen LogP contribution is 2.40. The number of benzene rings is 1. The second kappa shape index (κ2) is 8.90. The molecule has 1 atom stereocenters. The summed E-state index contributed by atoms with van der Waals surface area (Å²) >= 11 is 6.37. The first-order chi connectivity index (χ1) is 10.1. The molecule has 5 heteroatoms. The Morgan fingerprint density at radius 2 is 1.90 bits per heavy atom. The summed E-state index contributed by atoms with van der Waals surface area (Å²) in [6.45, 7) is 4.47. The van der Waals surface area contributed by atoms with Gasteiger partial charge in [0.15, 0.2) is 17.3 Å². The second-order valence-corrected chi connectivity index (χ2v) is 5.05. The molecule has 1 rings (SSSR count). The lowest BCUT2D eigenvalue weighted by molar-refractivity contribution is -0.131. The summed E-state index contributed by atoms with van der Waals surface area (Å²) in [5.74, 6) is 0.981. The minimum absolute atomic E-state index is 0.0278. The van der Waals surface area contributed by atoms with Gasteiger partial charge in [-0.25, -0.2) is 0 Å². The standard InChI is InChI=1S/C16H23ClO4/c1-5-7-12(18)15(21-10-6-2)11-8-9-13(19-3)16(20-4)14(11)17/h8-9,15H,5-7,10H2,1-4H3. The van der Waals surface area contributed by atoms with E-state index in [1.165, 1.54) is 7.11 Å². The topological polar surface area (TPSA) is 44.8 Å². The average Bonchev–Trinajstić information content (AvgIpc) is 2.48. The van der Waals surface area contributed by atoms with Gasteiger partial charge < -0.3 is 14.2 Å². The van der Waals surface area contributed by atoms with Crippen molar-refractivity contribution in [1.82, 2.24) is 0 Å². The molecule has 118 valence electrons. The monoisotopic (exact) mass is 314 g/mol. The molecule has 0 saturated carbocycles. The molecular formula is C16H23ClO4. The number of hydrogen-bond acceptors (Lipinski definition) is 4. The average molecular weight is 315 g/mol. The van der Waals surface area contributed by atoms with E-state index in [4.69, 9.17) is 25.8 Å². The van der Waals surface area contributed by atoms with Crippen molar-refractivity contribution in [2.45, 2.75) is 39.2 Å². The predicted octanol–water partition coefficient (Wildman–Crippen LogP) is 4.19. The normalized spacial score (nSPS) is 12.0. The van der Waals surface area contributed by atoms with Crippen LogP contribution in [0.4, 0.5) is 0 Å². The summed E-state index contributed by atoms with van der Waals surface area (Å²) in [7, 11) is 3.06. The van der Waals surface area contributed by atoms with Crippen LogP contribution in [0.5, 0.6) is 11.5 Å². The van der Waals surface area contributed by atoms with Crippen molar-refractivity contribution in [3.63, 3.8) is 0 Å². The molecular weight excluding hydrogens is 292 g/mol. The fourth-order valence-electron chi connectivity index (χ4n) is 2.08. The van der Waals surface area contributed by atoms with Gasteiger partial charge in [0.2, 0.25) is 0 Å². The van der Waals surface area contributed by atoms with Crippen molar-refractivity contribution in [3.05, 3.63) is 22.7 Å². The maximum Gasteiger partial charge on any atom is 0.179 e. The van der Waals surface area contributed by atoms with Gasteiger partial charge in [-0.1, -0.05) is 31.5 Å². The Bertz CT molecular complexity index is 474. The first-order valence-corrected chi connectivity index (χ1v) is 7.53. The van der Waals surface area contributed by atoms with Gasteiger partial charge in [0.05, 0.1) is 19.2 Å². The summed E-state index contributed by atoms with van der Waals surface area (Å²) in [6, 6.07) is 3.50. The van der Waals surface area contributed by atoms with Gasteiger partial charge in [0.25, 0.3) is 0 Å². The molecule has 0 spiro atoms. The van der Waals surface area contributed by atoms with E-state index in [-0.39, 0.29) is 5.78 Å².